The predicted octanol–water partition coefficient (Wildman–Crippen LogP) is 3.00. The highest BCUT2D eigenvalue weighted by Gasteiger charge is 2.36. The van der Waals surface area contributed by atoms with E-state index >= 15 is 0 Å². The van der Waals surface area contributed by atoms with E-state index in [9.17, 15) is 4.79 Å². The summed E-state index contributed by atoms with van der Waals surface area (Å²) in [5, 5.41) is 11.9. The summed E-state index contributed by atoms with van der Waals surface area (Å²) in [5.41, 5.74) is 3.82. The largest absolute Gasteiger partial charge is 0.497 e. The Kier molecular flexibility index (Phi) is 4.43. The summed E-state index contributed by atoms with van der Waals surface area (Å²) in [5.74, 6) is 2.04. The topological polar surface area (TPSA) is 83.9 Å². The summed E-state index contributed by atoms with van der Waals surface area (Å²) in [6, 6.07) is 11.1. The van der Waals surface area contributed by atoms with E-state index in [-0.39, 0.29) is 18.2 Å². The van der Waals surface area contributed by atoms with E-state index in [1.807, 2.05) is 18.2 Å². The van der Waals surface area contributed by atoms with E-state index in [2.05, 4.69) is 5.32 Å². The maximum Gasteiger partial charge on any atom is 0.188 e. The van der Waals surface area contributed by atoms with E-state index < -0.39 is 0 Å². The number of benzene rings is 2. The van der Waals surface area contributed by atoms with Crippen LogP contribution in [0.5, 0.6) is 17.2 Å². The van der Waals surface area contributed by atoms with Gasteiger partial charge >= 0.3 is 0 Å². The van der Waals surface area contributed by atoms with E-state index in [4.69, 9.17) is 19.6 Å². The van der Waals surface area contributed by atoms with Crippen molar-refractivity contribution in [2.45, 2.75) is 6.42 Å². The number of carbonyl (C=O) groups excluding carboxylic acids is 1. The molecule has 1 saturated heterocycles. The Morgan fingerprint density at radius 2 is 1.64 bits per heavy atom. The zero-order valence-corrected chi connectivity index (χ0v) is 16.0. The van der Waals surface area contributed by atoms with Crippen LogP contribution in [-0.4, -0.2) is 39.5 Å². The molecule has 0 spiro atoms. The number of amidine groups is 1. The molecule has 2 N–H and O–H groups in total. The van der Waals surface area contributed by atoms with Crippen molar-refractivity contribution in [2.75, 3.05) is 38.1 Å². The molecule has 0 saturated carbocycles. The highest BCUT2D eigenvalue weighted by molar-refractivity contribution is 6.33. The lowest BCUT2D eigenvalue weighted by Crippen LogP contribution is -2.24. The minimum Gasteiger partial charge on any atom is -0.497 e. The number of nitrogens with zero attached hydrogens (tertiary/aromatic N) is 1. The predicted molar refractivity (Wildman–Crippen MR) is 107 cm³/mol. The van der Waals surface area contributed by atoms with Crippen LogP contribution in [0, 0.1) is 5.41 Å². The van der Waals surface area contributed by atoms with Gasteiger partial charge in [0.05, 0.1) is 39.1 Å². The number of ether oxygens (including phenoxy) is 3. The average Bonchev–Trinajstić information content (AvgIpc) is 3.26. The molecule has 28 heavy (non-hydrogen) atoms. The lowest BCUT2D eigenvalue weighted by molar-refractivity contribution is -0.113. The molecule has 0 aliphatic carbocycles. The molecule has 4 rings (SSSR count). The second kappa shape index (κ2) is 6.92. The van der Waals surface area contributed by atoms with Gasteiger partial charge in [0, 0.05) is 42.1 Å². The number of fused-ring (bicyclic) bond motifs is 1. The Hall–Kier alpha value is -3.48. The highest BCUT2D eigenvalue weighted by Crippen LogP contribution is 2.36. The van der Waals surface area contributed by atoms with Crippen LogP contribution in [0.25, 0.3) is 0 Å². The number of hydrogen-bond acceptors (Lipinski definition) is 6. The van der Waals surface area contributed by atoms with Gasteiger partial charge < -0.3 is 24.4 Å². The first-order valence-electron chi connectivity index (χ1n) is 8.84. The Labute approximate surface area is 163 Å². The van der Waals surface area contributed by atoms with Gasteiger partial charge in [-0.25, -0.2) is 0 Å². The monoisotopic (exact) mass is 379 g/mol. The van der Waals surface area contributed by atoms with Crippen molar-refractivity contribution in [3.8, 4) is 17.2 Å². The molecule has 0 radical (unpaired) electrons. The molecule has 2 aromatic rings. The average molecular weight is 379 g/mol. The third-order valence-corrected chi connectivity index (χ3v) is 5.01. The van der Waals surface area contributed by atoms with Crippen molar-refractivity contribution in [1.29, 1.82) is 5.41 Å². The number of allylic oxidation sites excluding steroid dienone is 1. The molecule has 7 nitrogen and oxygen atoms in total. The highest BCUT2D eigenvalue weighted by atomic mass is 16.5. The van der Waals surface area contributed by atoms with Gasteiger partial charge in [0.1, 0.15) is 23.1 Å². The Bertz CT molecular complexity index is 990. The Morgan fingerprint density at radius 3 is 2.29 bits per heavy atom. The smallest absolute Gasteiger partial charge is 0.188 e. The van der Waals surface area contributed by atoms with Crippen molar-refractivity contribution >= 4 is 23.0 Å². The fourth-order valence-electron chi connectivity index (χ4n) is 3.55. The van der Waals surface area contributed by atoms with Crippen LogP contribution >= 0.6 is 0 Å². The number of carbonyl (C=O) groups is 1. The van der Waals surface area contributed by atoms with Crippen LogP contribution in [-0.2, 0) is 11.2 Å². The number of Topliss-reactive ketones (excluding diaryl/α,β-unsaturated/α-hetero) is 1. The fraction of sp³-hybridized carbons (Fsp3) is 0.238. The maximum atomic E-state index is 12.8. The SMILES string of the molecule is COc1cc(OC)cc(N2CC(=O)C(=C3Cc4ccc(OC)cc4N3)C2=N)c1. The van der Waals surface area contributed by atoms with Gasteiger partial charge in [-0.15, -0.1) is 0 Å². The second-order valence-corrected chi connectivity index (χ2v) is 6.61. The molecule has 1 fully saturated rings. The zero-order valence-electron chi connectivity index (χ0n) is 16.0. The van der Waals surface area contributed by atoms with Crippen LogP contribution in [0.2, 0.25) is 0 Å². The molecule has 0 atom stereocenters. The summed E-state index contributed by atoms with van der Waals surface area (Å²) in [7, 11) is 4.76. The quantitative estimate of drug-likeness (QED) is 0.795. The lowest BCUT2D eigenvalue weighted by atomic mass is 10.1. The summed E-state index contributed by atoms with van der Waals surface area (Å²) in [4.78, 5) is 14.4. The van der Waals surface area contributed by atoms with Gasteiger partial charge in [-0.1, -0.05) is 6.07 Å². The second-order valence-electron chi connectivity index (χ2n) is 6.61. The van der Waals surface area contributed by atoms with E-state index in [0.717, 1.165) is 22.7 Å². The fourth-order valence-corrected chi connectivity index (χ4v) is 3.55. The standard InChI is InChI=1S/C21H21N3O4/c1-26-14-5-4-12-6-18(23-17(12)10-14)20-19(25)11-24(21(20)22)13-7-15(27-2)9-16(8-13)28-3/h4-5,7-10,22-23H,6,11H2,1-3H3. The first-order chi connectivity index (χ1) is 13.5. The Morgan fingerprint density at radius 1 is 0.964 bits per heavy atom. The van der Waals surface area contributed by atoms with Crippen LogP contribution in [0.1, 0.15) is 5.56 Å². The van der Waals surface area contributed by atoms with Crippen molar-refractivity contribution < 1.29 is 19.0 Å². The van der Waals surface area contributed by atoms with Crippen molar-refractivity contribution in [2.24, 2.45) is 0 Å². The summed E-state index contributed by atoms with van der Waals surface area (Å²) >= 11 is 0. The van der Waals surface area contributed by atoms with Gasteiger partial charge in [0.2, 0.25) is 0 Å². The van der Waals surface area contributed by atoms with Crippen LogP contribution in [0.15, 0.2) is 47.7 Å². The third-order valence-electron chi connectivity index (χ3n) is 5.01. The third kappa shape index (κ3) is 2.94. The number of anilines is 2. The molecule has 0 bridgehead atoms. The molecular weight excluding hydrogens is 358 g/mol. The molecule has 144 valence electrons. The Balaban J connectivity index is 1.68. The molecular formula is C21H21N3O4. The first-order valence-corrected chi connectivity index (χ1v) is 8.84. The van der Waals surface area contributed by atoms with Gasteiger partial charge in [-0.3, -0.25) is 10.2 Å². The molecule has 0 unspecified atom stereocenters. The summed E-state index contributed by atoms with van der Waals surface area (Å²) < 4.78 is 15.9. The van der Waals surface area contributed by atoms with Crippen molar-refractivity contribution in [3.05, 3.63) is 53.2 Å². The van der Waals surface area contributed by atoms with Crippen LogP contribution in [0.4, 0.5) is 11.4 Å². The molecule has 0 aromatic heterocycles. The summed E-state index contributed by atoms with van der Waals surface area (Å²) in [6.07, 6.45) is 0.581. The van der Waals surface area contributed by atoms with Gasteiger partial charge in [0.15, 0.2) is 5.78 Å². The lowest BCUT2D eigenvalue weighted by Gasteiger charge is -2.19. The molecule has 2 heterocycles. The number of nitrogens with one attached hydrogen (secondary N) is 2. The van der Waals surface area contributed by atoms with E-state index in [0.29, 0.717) is 29.2 Å². The number of ketones is 1. The molecule has 2 aromatic carbocycles. The normalized spacial score (nSPS) is 18.2. The zero-order chi connectivity index (χ0) is 19.8. The van der Waals surface area contributed by atoms with Gasteiger partial charge in [-0.05, 0) is 11.6 Å². The minimum atomic E-state index is -0.0888. The van der Waals surface area contributed by atoms with Crippen LogP contribution in [0.3, 0.4) is 0 Å². The van der Waals surface area contributed by atoms with Gasteiger partial charge in [0.25, 0.3) is 0 Å². The molecule has 0 amide bonds. The number of rotatable bonds is 4. The van der Waals surface area contributed by atoms with Crippen molar-refractivity contribution in [1.82, 2.24) is 0 Å². The minimum absolute atomic E-state index is 0.0888. The van der Waals surface area contributed by atoms with E-state index in [1.54, 1.807) is 44.4 Å². The van der Waals surface area contributed by atoms with E-state index in [1.165, 1.54) is 0 Å². The first kappa shape index (κ1) is 17.9. The summed E-state index contributed by atoms with van der Waals surface area (Å²) in [6.45, 7) is 0.106. The van der Waals surface area contributed by atoms with Crippen LogP contribution < -0.4 is 24.4 Å². The molecule has 2 aliphatic heterocycles. The maximum absolute atomic E-state index is 12.8. The number of hydrogen-bond donors (Lipinski definition) is 2. The molecule has 7 heteroatoms. The number of methoxy groups -OCH3 is 3. The van der Waals surface area contributed by atoms with Crippen molar-refractivity contribution in [3.63, 3.8) is 0 Å². The molecule has 2 aliphatic rings. The van der Waals surface area contributed by atoms with Gasteiger partial charge in [-0.2, -0.15) is 0 Å².